The summed E-state index contributed by atoms with van der Waals surface area (Å²) in [7, 11) is 0. The summed E-state index contributed by atoms with van der Waals surface area (Å²) in [4.78, 5) is 0. The molecule has 0 saturated heterocycles. The molecule has 0 aromatic heterocycles. The van der Waals surface area contributed by atoms with Gasteiger partial charge in [0, 0.05) is 0 Å². The fourth-order valence-corrected chi connectivity index (χ4v) is 2.40. The molecule has 0 amide bonds. The molecule has 0 saturated carbocycles. The van der Waals surface area contributed by atoms with E-state index in [-0.39, 0.29) is 5.75 Å². The zero-order valence-electron chi connectivity index (χ0n) is 11.4. The van der Waals surface area contributed by atoms with Crippen molar-refractivity contribution >= 4 is 6.08 Å². The third-order valence-electron chi connectivity index (χ3n) is 3.55. The van der Waals surface area contributed by atoms with E-state index in [9.17, 15) is 18.3 Å². The normalized spacial score (nSPS) is 20.5. The van der Waals surface area contributed by atoms with Crippen molar-refractivity contribution in [2.75, 3.05) is 0 Å². The maximum Gasteiger partial charge on any atom is 0.416 e. The first kappa shape index (κ1) is 14.7. The zero-order valence-corrected chi connectivity index (χ0v) is 11.4. The lowest BCUT2D eigenvalue weighted by Crippen LogP contribution is -2.26. The first-order valence-electron chi connectivity index (χ1n) is 6.74. The molecule has 114 valence electrons. The number of alkyl halides is 3. The zero-order chi connectivity index (χ0) is 15.7. The highest BCUT2D eigenvalue weighted by Crippen LogP contribution is 2.33. The Morgan fingerprint density at radius 1 is 0.955 bits per heavy atom. The Kier molecular flexibility index (Phi) is 3.66. The minimum atomic E-state index is -4.37. The lowest BCUT2D eigenvalue weighted by atomic mass is 9.93. The third-order valence-corrected chi connectivity index (χ3v) is 3.55. The average Bonchev–Trinajstić information content (AvgIpc) is 2.50. The highest BCUT2D eigenvalue weighted by atomic mass is 19.4. The van der Waals surface area contributed by atoms with Crippen molar-refractivity contribution in [1.29, 1.82) is 0 Å². The molecule has 2 aromatic rings. The van der Waals surface area contributed by atoms with E-state index in [0.29, 0.717) is 0 Å². The van der Waals surface area contributed by atoms with E-state index in [4.69, 9.17) is 4.74 Å². The van der Waals surface area contributed by atoms with E-state index in [0.717, 1.165) is 23.3 Å². The average molecular weight is 306 g/mol. The minimum absolute atomic E-state index is 0.279. The molecule has 0 heterocycles. The Morgan fingerprint density at radius 2 is 1.64 bits per heavy atom. The smallest absolute Gasteiger partial charge is 0.416 e. The van der Waals surface area contributed by atoms with Gasteiger partial charge in [-0.2, -0.15) is 13.2 Å². The fourth-order valence-electron chi connectivity index (χ4n) is 2.40. The first-order valence-corrected chi connectivity index (χ1v) is 6.74. The van der Waals surface area contributed by atoms with Gasteiger partial charge in [-0.3, -0.25) is 0 Å². The van der Waals surface area contributed by atoms with E-state index < -0.39 is 23.9 Å². The van der Waals surface area contributed by atoms with Gasteiger partial charge in [0.1, 0.15) is 18.0 Å². The summed E-state index contributed by atoms with van der Waals surface area (Å²) < 4.78 is 43.1. The summed E-state index contributed by atoms with van der Waals surface area (Å²) in [5, 5.41) is 10.3. The topological polar surface area (TPSA) is 29.5 Å². The van der Waals surface area contributed by atoms with Crippen LogP contribution in [-0.4, -0.2) is 11.2 Å². The highest BCUT2D eigenvalue weighted by molar-refractivity contribution is 5.58. The molecule has 1 N–H and O–H groups in total. The second-order valence-electron chi connectivity index (χ2n) is 5.04. The number of hydrogen-bond donors (Lipinski definition) is 1. The van der Waals surface area contributed by atoms with Gasteiger partial charge in [-0.1, -0.05) is 30.3 Å². The van der Waals surface area contributed by atoms with Crippen molar-refractivity contribution in [2.45, 2.75) is 18.4 Å². The Balaban J connectivity index is 1.77. The van der Waals surface area contributed by atoms with Crippen molar-refractivity contribution < 1.29 is 23.0 Å². The van der Waals surface area contributed by atoms with Crippen LogP contribution in [-0.2, 0) is 6.18 Å². The number of fused-ring (bicyclic) bond motifs is 1. The molecule has 0 unspecified atom stereocenters. The number of halogens is 3. The van der Waals surface area contributed by atoms with Crippen LogP contribution in [0.3, 0.4) is 0 Å². The molecule has 1 aliphatic rings. The molecule has 0 spiro atoms. The van der Waals surface area contributed by atoms with E-state index in [1.165, 1.54) is 12.1 Å². The quantitative estimate of drug-likeness (QED) is 0.900. The molecular weight excluding hydrogens is 293 g/mol. The van der Waals surface area contributed by atoms with Gasteiger partial charge in [0.25, 0.3) is 0 Å². The highest BCUT2D eigenvalue weighted by Gasteiger charge is 2.30. The molecule has 0 radical (unpaired) electrons. The maximum atomic E-state index is 12.5. The second-order valence-corrected chi connectivity index (χ2v) is 5.04. The van der Waals surface area contributed by atoms with Crippen LogP contribution < -0.4 is 4.74 Å². The van der Waals surface area contributed by atoms with Crippen LogP contribution in [0.1, 0.15) is 22.8 Å². The Labute approximate surface area is 125 Å². The van der Waals surface area contributed by atoms with Gasteiger partial charge in [-0.15, -0.1) is 0 Å². The number of hydrogen-bond acceptors (Lipinski definition) is 2. The van der Waals surface area contributed by atoms with E-state index in [1.807, 2.05) is 24.3 Å². The van der Waals surface area contributed by atoms with Crippen LogP contribution in [0.25, 0.3) is 6.08 Å². The van der Waals surface area contributed by atoms with Crippen molar-refractivity contribution in [3.05, 3.63) is 71.3 Å². The SMILES string of the molecule is O[C@H]1c2ccccc2C=C[C@@H]1Oc1ccc(C(F)(F)F)cc1. The summed E-state index contributed by atoms with van der Waals surface area (Å²) >= 11 is 0. The molecule has 2 aromatic carbocycles. The molecule has 0 bridgehead atoms. The van der Waals surface area contributed by atoms with Crippen molar-refractivity contribution in [3.8, 4) is 5.75 Å². The van der Waals surface area contributed by atoms with Crippen LogP contribution in [0.5, 0.6) is 5.75 Å². The lowest BCUT2D eigenvalue weighted by molar-refractivity contribution is -0.137. The predicted molar refractivity (Wildman–Crippen MR) is 76.3 cm³/mol. The second kappa shape index (κ2) is 5.50. The van der Waals surface area contributed by atoms with E-state index >= 15 is 0 Å². The number of ether oxygens (including phenoxy) is 1. The van der Waals surface area contributed by atoms with Gasteiger partial charge in [0.05, 0.1) is 5.56 Å². The standard InChI is InChI=1S/C17H13F3O2/c18-17(19,20)12-6-8-13(9-7-12)22-15-10-5-11-3-1-2-4-14(11)16(15)21/h1-10,15-16,21H/t15-,16-/m0/s1. The molecule has 0 fully saturated rings. The van der Waals surface area contributed by atoms with Crippen molar-refractivity contribution in [2.24, 2.45) is 0 Å². The van der Waals surface area contributed by atoms with Crippen LogP contribution in [0.4, 0.5) is 13.2 Å². The third kappa shape index (κ3) is 2.85. The van der Waals surface area contributed by atoms with Crippen LogP contribution in [0.15, 0.2) is 54.6 Å². The number of aliphatic hydroxyl groups excluding tert-OH is 1. The summed E-state index contributed by atoms with van der Waals surface area (Å²) in [6.07, 6.45) is -2.33. The van der Waals surface area contributed by atoms with Gasteiger partial charge >= 0.3 is 6.18 Å². The maximum absolute atomic E-state index is 12.5. The number of rotatable bonds is 2. The van der Waals surface area contributed by atoms with Crippen LogP contribution >= 0.6 is 0 Å². The summed E-state index contributed by atoms with van der Waals surface area (Å²) in [5.74, 6) is 0.279. The Bertz CT molecular complexity index is 690. The summed E-state index contributed by atoms with van der Waals surface area (Å²) in [5.41, 5.74) is 0.911. The Morgan fingerprint density at radius 3 is 2.32 bits per heavy atom. The Hall–Kier alpha value is -2.27. The molecule has 0 aliphatic heterocycles. The first-order chi connectivity index (χ1) is 10.4. The number of aliphatic hydroxyl groups is 1. The van der Waals surface area contributed by atoms with Gasteiger partial charge in [0.2, 0.25) is 0 Å². The van der Waals surface area contributed by atoms with Crippen molar-refractivity contribution in [3.63, 3.8) is 0 Å². The summed E-state index contributed by atoms with van der Waals surface area (Å²) in [6.45, 7) is 0. The largest absolute Gasteiger partial charge is 0.483 e. The van der Waals surface area contributed by atoms with Gasteiger partial charge in [0.15, 0.2) is 0 Å². The molecule has 2 atom stereocenters. The van der Waals surface area contributed by atoms with Gasteiger partial charge < -0.3 is 9.84 Å². The van der Waals surface area contributed by atoms with Crippen LogP contribution in [0, 0.1) is 0 Å². The van der Waals surface area contributed by atoms with Gasteiger partial charge in [-0.25, -0.2) is 0 Å². The monoisotopic (exact) mass is 306 g/mol. The molecule has 1 aliphatic carbocycles. The van der Waals surface area contributed by atoms with E-state index in [2.05, 4.69) is 0 Å². The van der Waals surface area contributed by atoms with E-state index in [1.54, 1.807) is 12.1 Å². The molecule has 5 heteroatoms. The van der Waals surface area contributed by atoms with Crippen LogP contribution in [0.2, 0.25) is 0 Å². The summed E-state index contributed by atoms with van der Waals surface area (Å²) in [6, 6.07) is 11.8. The van der Waals surface area contributed by atoms with Crippen molar-refractivity contribution in [1.82, 2.24) is 0 Å². The molecule has 3 rings (SSSR count). The molecule has 2 nitrogen and oxygen atoms in total. The molecule has 22 heavy (non-hydrogen) atoms. The fraction of sp³-hybridized carbons (Fsp3) is 0.176. The number of benzene rings is 2. The lowest BCUT2D eigenvalue weighted by Gasteiger charge is -2.26. The minimum Gasteiger partial charge on any atom is -0.483 e. The predicted octanol–water partition coefficient (Wildman–Crippen LogP) is 4.21. The van der Waals surface area contributed by atoms with Gasteiger partial charge in [-0.05, 0) is 41.5 Å². The molecular formula is C17H13F3O2.